The molecule has 2 aromatic carbocycles. The molecule has 0 spiro atoms. The van der Waals surface area contributed by atoms with E-state index in [9.17, 15) is 14.7 Å². The lowest BCUT2D eigenvalue weighted by atomic mass is 9.99. The lowest BCUT2D eigenvalue weighted by molar-refractivity contribution is -0.253. The van der Waals surface area contributed by atoms with Crippen molar-refractivity contribution in [3.8, 4) is 0 Å². The number of carbonyl (C=O) groups is 2. The Balaban J connectivity index is 1.33. The quantitative estimate of drug-likeness (QED) is 0.240. The summed E-state index contributed by atoms with van der Waals surface area (Å²) in [7, 11) is 1.76. The number of carboxylic acids is 1. The monoisotopic (exact) mass is 582 g/mol. The summed E-state index contributed by atoms with van der Waals surface area (Å²) in [5.74, 6) is -0.769. The molecule has 3 N–H and O–H groups in total. The summed E-state index contributed by atoms with van der Waals surface area (Å²) in [6, 6.07) is 16.4. The van der Waals surface area contributed by atoms with Crippen molar-refractivity contribution in [3.63, 3.8) is 0 Å². The summed E-state index contributed by atoms with van der Waals surface area (Å²) in [6.45, 7) is 3.05. The number of aliphatic hydroxyl groups excluding tert-OH is 1. The van der Waals surface area contributed by atoms with Crippen molar-refractivity contribution in [2.24, 2.45) is 0 Å². The van der Waals surface area contributed by atoms with Crippen LogP contribution in [-0.2, 0) is 37.0 Å². The Bertz CT molecular complexity index is 1110. The van der Waals surface area contributed by atoms with Gasteiger partial charge < -0.3 is 29.7 Å². The number of ether oxygens (including phenoxy) is 3. The molecule has 9 nitrogen and oxygen atoms in total. The molecular formula is C33H46N2O7. The molecule has 230 valence electrons. The van der Waals surface area contributed by atoms with Gasteiger partial charge in [0.05, 0.1) is 25.4 Å². The largest absolute Gasteiger partial charge is 0.481 e. The van der Waals surface area contributed by atoms with E-state index in [0.29, 0.717) is 25.4 Å². The third-order valence-corrected chi connectivity index (χ3v) is 8.20. The molecule has 0 radical (unpaired) electrons. The van der Waals surface area contributed by atoms with Crippen molar-refractivity contribution in [1.29, 1.82) is 0 Å². The molecule has 2 aromatic rings. The molecule has 2 saturated heterocycles. The fourth-order valence-corrected chi connectivity index (χ4v) is 5.81. The molecule has 2 heterocycles. The molecule has 0 bridgehead atoms. The van der Waals surface area contributed by atoms with Gasteiger partial charge in [-0.15, -0.1) is 0 Å². The summed E-state index contributed by atoms with van der Waals surface area (Å²) in [5.41, 5.74) is 3.87. The zero-order chi connectivity index (χ0) is 29.7. The number of nitrogens with zero attached hydrogens (tertiary/aromatic N) is 1. The van der Waals surface area contributed by atoms with Crippen LogP contribution in [0.4, 0.5) is 0 Å². The molecule has 4 unspecified atom stereocenters. The van der Waals surface area contributed by atoms with E-state index >= 15 is 0 Å². The van der Waals surface area contributed by atoms with Crippen LogP contribution >= 0.6 is 0 Å². The number of carbonyl (C=O) groups excluding carboxylic acids is 1. The maximum absolute atomic E-state index is 12.3. The first-order chi connectivity index (χ1) is 20.4. The van der Waals surface area contributed by atoms with E-state index in [-0.39, 0.29) is 31.1 Å². The minimum Gasteiger partial charge on any atom is -0.481 e. The van der Waals surface area contributed by atoms with Gasteiger partial charge in [-0.1, -0.05) is 61.4 Å². The summed E-state index contributed by atoms with van der Waals surface area (Å²) in [4.78, 5) is 25.3. The highest BCUT2D eigenvalue weighted by molar-refractivity contribution is 5.75. The minimum absolute atomic E-state index is 0.00264. The normalized spacial score (nSPS) is 22.7. The number of rotatable bonds is 16. The predicted octanol–water partition coefficient (Wildman–Crippen LogP) is 4.88. The number of carboxylic acid groups (broad SMARTS) is 1. The molecule has 9 heteroatoms. The molecule has 2 aliphatic rings. The molecule has 2 fully saturated rings. The standard InChI is InChI=1S/C33H46N2O7/c1-40-23-28-7-6-18-35(28)21-29-19-30(26-14-12-25(22-36)13-15-26)42-33(41-29)27-16-10-24(11-17-27)20-34-31(37)8-4-2-3-5-9-32(38)39/h10-17,28-30,33,36H,2-9,18-23H2,1H3,(H,34,37)(H,38,39). The van der Waals surface area contributed by atoms with E-state index in [2.05, 4.69) is 10.2 Å². The van der Waals surface area contributed by atoms with Crippen molar-refractivity contribution in [1.82, 2.24) is 10.2 Å². The number of unbranched alkanes of at least 4 members (excludes halogenated alkanes) is 3. The number of likely N-dealkylation sites (tertiary alicyclic amines) is 1. The van der Waals surface area contributed by atoms with Crippen molar-refractivity contribution in [2.75, 3.05) is 26.8 Å². The minimum atomic E-state index is -0.772. The van der Waals surface area contributed by atoms with E-state index in [0.717, 1.165) is 80.5 Å². The average Bonchev–Trinajstić information content (AvgIpc) is 3.44. The maximum atomic E-state index is 12.3. The van der Waals surface area contributed by atoms with Gasteiger partial charge in [-0.2, -0.15) is 0 Å². The fraction of sp³-hybridized carbons (Fsp3) is 0.576. The van der Waals surface area contributed by atoms with Crippen LogP contribution < -0.4 is 5.32 Å². The van der Waals surface area contributed by atoms with Crippen molar-refractivity contribution >= 4 is 11.9 Å². The second-order valence-electron chi connectivity index (χ2n) is 11.4. The van der Waals surface area contributed by atoms with Crippen LogP contribution in [0.25, 0.3) is 0 Å². The zero-order valence-corrected chi connectivity index (χ0v) is 24.7. The van der Waals surface area contributed by atoms with E-state index in [1.54, 1.807) is 7.11 Å². The molecular weight excluding hydrogens is 536 g/mol. The number of amides is 1. The molecule has 42 heavy (non-hydrogen) atoms. The number of aliphatic carboxylic acids is 1. The second kappa shape index (κ2) is 16.7. The lowest BCUT2D eigenvalue weighted by Gasteiger charge is -2.38. The van der Waals surface area contributed by atoms with Gasteiger partial charge in [-0.25, -0.2) is 0 Å². The Hall–Kier alpha value is -2.82. The van der Waals surface area contributed by atoms with Gasteiger partial charge in [-0.05, 0) is 48.9 Å². The lowest BCUT2D eigenvalue weighted by Crippen LogP contribution is -2.42. The summed E-state index contributed by atoms with van der Waals surface area (Å²) < 4.78 is 18.5. The zero-order valence-electron chi connectivity index (χ0n) is 24.7. The van der Waals surface area contributed by atoms with Gasteiger partial charge in [0.25, 0.3) is 0 Å². The van der Waals surface area contributed by atoms with Crippen molar-refractivity contribution in [2.45, 2.75) is 95.5 Å². The van der Waals surface area contributed by atoms with Crippen LogP contribution in [-0.4, -0.2) is 65.9 Å². The predicted molar refractivity (Wildman–Crippen MR) is 159 cm³/mol. The summed E-state index contributed by atoms with van der Waals surface area (Å²) >= 11 is 0. The Labute approximate surface area is 249 Å². The van der Waals surface area contributed by atoms with Gasteiger partial charge in [0.2, 0.25) is 5.91 Å². The molecule has 0 aliphatic carbocycles. The molecule has 2 aliphatic heterocycles. The third kappa shape index (κ3) is 9.88. The van der Waals surface area contributed by atoms with Crippen LogP contribution in [0, 0.1) is 0 Å². The average molecular weight is 583 g/mol. The van der Waals surface area contributed by atoms with E-state index in [1.807, 2.05) is 48.5 Å². The molecule has 0 aromatic heterocycles. The van der Waals surface area contributed by atoms with E-state index in [1.165, 1.54) is 0 Å². The summed E-state index contributed by atoms with van der Waals surface area (Å²) in [5, 5.41) is 21.1. The van der Waals surface area contributed by atoms with E-state index in [4.69, 9.17) is 19.3 Å². The molecule has 0 saturated carbocycles. The Morgan fingerprint density at radius 2 is 1.64 bits per heavy atom. The first-order valence-corrected chi connectivity index (χ1v) is 15.3. The Morgan fingerprint density at radius 1 is 0.952 bits per heavy atom. The first kappa shape index (κ1) is 32.1. The first-order valence-electron chi connectivity index (χ1n) is 15.3. The van der Waals surface area contributed by atoms with Crippen molar-refractivity contribution < 1.29 is 34.0 Å². The smallest absolute Gasteiger partial charge is 0.303 e. The molecule has 4 rings (SSSR count). The number of methoxy groups -OCH3 is 1. The van der Waals surface area contributed by atoms with Gasteiger partial charge in [0.15, 0.2) is 6.29 Å². The maximum Gasteiger partial charge on any atom is 0.303 e. The van der Waals surface area contributed by atoms with Gasteiger partial charge in [-0.3, -0.25) is 14.5 Å². The highest BCUT2D eigenvalue weighted by Crippen LogP contribution is 2.38. The summed E-state index contributed by atoms with van der Waals surface area (Å²) in [6.07, 6.45) is 6.12. The number of benzene rings is 2. The van der Waals surface area contributed by atoms with Crippen LogP contribution in [0.15, 0.2) is 48.5 Å². The SMILES string of the molecule is COCC1CCCN1CC1CC(c2ccc(CO)cc2)OC(c2ccc(CNC(=O)CCCCCCC(=O)O)cc2)O1. The number of nitrogens with one attached hydrogen (secondary N) is 1. The number of aliphatic hydroxyl groups is 1. The molecule has 4 atom stereocenters. The fourth-order valence-electron chi connectivity index (χ4n) is 5.81. The van der Waals surface area contributed by atoms with Gasteiger partial charge in [0, 0.05) is 51.1 Å². The van der Waals surface area contributed by atoms with Crippen molar-refractivity contribution in [3.05, 3.63) is 70.8 Å². The Morgan fingerprint density at radius 3 is 2.33 bits per heavy atom. The highest BCUT2D eigenvalue weighted by Gasteiger charge is 2.35. The number of hydrogen-bond donors (Lipinski definition) is 3. The Kier molecular flexibility index (Phi) is 12.8. The van der Waals surface area contributed by atoms with Crippen LogP contribution in [0.3, 0.4) is 0 Å². The molecule has 1 amide bonds. The number of hydrogen-bond acceptors (Lipinski definition) is 7. The highest BCUT2D eigenvalue weighted by atomic mass is 16.7. The van der Waals surface area contributed by atoms with Crippen LogP contribution in [0.2, 0.25) is 0 Å². The third-order valence-electron chi connectivity index (χ3n) is 8.20. The van der Waals surface area contributed by atoms with Crippen LogP contribution in [0.5, 0.6) is 0 Å². The topological polar surface area (TPSA) is 118 Å². The van der Waals surface area contributed by atoms with Gasteiger partial charge >= 0.3 is 5.97 Å². The van der Waals surface area contributed by atoms with Gasteiger partial charge in [0.1, 0.15) is 0 Å². The van der Waals surface area contributed by atoms with Crippen LogP contribution in [0.1, 0.15) is 92.4 Å². The van der Waals surface area contributed by atoms with E-state index < -0.39 is 12.3 Å². The second-order valence-corrected chi connectivity index (χ2v) is 11.4.